The van der Waals surface area contributed by atoms with Crippen molar-refractivity contribution in [3.63, 3.8) is 0 Å². The Hall–Kier alpha value is 0.770. The van der Waals surface area contributed by atoms with Crippen molar-refractivity contribution in [1.29, 1.82) is 0 Å². The molecule has 1 fully saturated rings. The Morgan fingerprint density at radius 1 is 0.317 bits per heavy atom. The van der Waals surface area contributed by atoms with E-state index in [2.05, 4.69) is 27.1 Å². The molecule has 0 spiro atoms. The minimum Gasteiger partial charge on any atom is -0.822 e. The van der Waals surface area contributed by atoms with Gasteiger partial charge in [0.05, 0.1) is 0 Å². The maximum atomic E-state index is 11.4. The van der Waals surface area contributed by atoms with Crippen LogP contribution in [-0.4, -0.2) is 95.3 Å². The van der Waals surface area contributed by atoms with Crippen LogP contribution in [0.4, 0.5) is 0 Å². The Morgan fingerprint density at radius 3 is 0.439 bits per heavy atom. The molecule has 35 heteroatoms. The summed E-state index contributed by atoms with van der Waals surface area (Å²) in [7, 11) is -41.5. The molecule has 1 rings (SSSR count). The SMILES string of the molecule is O=P(O)(O)OC1C(OP(=O)(O)O)C(OP(=O)(O)O)C(OP(=O)(O)O)C(OP(=O)(O)O)C1OP(=O)(O)O.O=P([O-])([O-])[O-]. The summed E-state index contributed by atoms with van der Waals surface area (Å²) in [6, 6.07) is 0. The van der Waals surface area contributed by atoms with Crippen LogP contribution in [0.25, 0.3) is 0 Å². The van der Waals surface area contributed by atoms with Crippen molar-refractivity contribution >= 4 is 54.8 Å². The molecule has 0 aliphatic heterocycles. The van der Waals surface area contributed by atoms with Crippen molar-refractivity contribution in [2.45, 2.75) is 36.6 Å². The second-order valence-corrected chi connectivity index (χ2v) is 14.9. The van der Waals surface area contributed by atoms with E-state index in [1.807, 2.05) is 0 Å². The van der Waals surface area contributed by atoms with Gasteiger partial charge in [-0.2, -0.15) is 7.82 Å². The molecule has 28 nitrogen and oxygen atoms in total. The average molecular weight is 755 g/mol. The third kappa shape index (κ3) is 20.4. The molecule has 0 saturated heterocycles. The topological polar surface area (TPSA) is 487 Å². The molecule has 1 aliphatic rings. The van der Waals surface area contributed by atoms with E-state index in [9.17, 15) is 27.4 Å². The molecule has 0 aromatic rings. The smallest absolute Gasteiger partial charge is 0.470 e. The summed E-state index contributed by atoms with van der Waals surface area (Å²) in [5, 5.41) is 0. The van der Waals surface area contributed by atoms with Gasteiger partial charge in [0.1, 0.15) is 36.6 Å². The first kappa shape index (κ1) is 41.8. The Balaban J connectivity index is 0.00000292. The van der Waals surface area contributed by atoms with Crippen LogP contribution in [0, 0.1) is 0 Å². The normalized spacial score (nSPS) is 27.2. The van der Waals surface area contributed by atoms with Crippen LogP contribution in [0.3, 0.4) is 0 Å². The first-order valence-corrected chi connectivity index (χ1v) is 19.4. The van der Waals surface area contributed by atoms with Gasteiger partial charge in [-0.3, -0.25) is 27.1 Å². The van der Waals surface area contributed by atoms with Crippen LogP contribution < -0.4 is 14.7 Å². The predicted octanol–water partition coefficient (Wildman–Crippen LogP) is -5.96. The van der Waals surface area contributed by atoms with Crippen LogP contribution in [0.1, 0.15) is 0 Å². The third-order valence-corrected chi connectivity index (χ3v) is 6.61. The summed E-state index contributed by atoms with van der Waals surface area (Å²) in [6.45, 7) is 0. The summed E-state index contributed by atoms with van der Waals surface area (Å²) < 4.78 is 102. The monoisotopic (exact) mass is 755 g/mol. The van der Waals surface area contributed by atoms with Crippen LogP contribution in [0.5, 0.6) is 0 Å². The predicted molar refractivity (Wildman–Crippen MR) is 109 cm³/mol. The third-order valence-electron chi connectivity index (χ3n) is 3.50. The van der Waals surface area contributed by atoms with Gasteiger partial charge in [0.25, 0.3) is 0 Å². The molecule has 0 aromatic heterocycles. The van der Waals surface area contributed by atoms with E-state index in [0.717, 1.165) is 0 Å². The molecule has 0 atom stereocenters. The standard InChI is InChI=1S/C6H18O24P6.H3O4P/c7-31(8,9)25-1-2(26-32(10,11)12)4(28-34(16,17)18)6(30-36(22,23)24)5(29-35(19,20)21)3(1)27-33(13,14)15;1-5(2,3)4/h1-6H,(H2,7,8,9)(H2,10,11,12)(H2,13,14,15)(H2,16,17,18)(H2,19,20,21)(H2,22,23,24);(H3,1,2,3,4)/p-3. The minimum absolute atomic E-state index is 3.14. The minimum atomic E-state index is -6.02. The van der Waals surface area contributed by atoms with Gasteiger partial charge in [0.2, 0.25) is 0 Å². The van der Waals surface area contributed by atoms with Crippen LogP contribution in [-0.2, 0) is 59.1 Å². The van der Waals surface area contributed by atoms with Gasteiger partial charge >= 0.3 is 46.9 Å². The van der Waals surface area contributed by atoms with Gasteiger partial charge < -0.3 is 78.0 Å². The van der Waals surface area contributed by atoms with Crippen molar-refractivity contribution < 1.29 is 132 Å². The second-order valence-electron chi connectivity index (χ2n) is 6.81. The number of hydrogen-bond donors (Lipinski definition) is 12. The van der Waals surface area contributed by atoms with Crippen molar-refractivity contribution in [2.24, 2.45) is 0 Å². The zero-order valence-corrected chi connectivity index (χ0v) is 24.8. The van der Waals surface area contributed by atoms with Crippen molar-refractivity contribution in [3.05, 3.63) is 0 Å². The lowest BCUT2D eigenvalue weighted by Crippen LogP contribution is -2.66. The Morgan fingerprint density at radius 2 is 0.390 bits per heavy atom. The number of rotatable bonds is 12. The number of phosphoric ester groups is 6. The molecular weight excluding hydrogens is 737 g/mol. The number of hydrogen-bond acceptors (Lipinski definition) is 16. The fourth-order valence-electron chi connectivity index (χ4n) is 2.79. The number of phosphoric acid groups is 7. The van der Waals surface area contributed by atoms with Gasteiger partial charge in [-0.25, -0.2) is 27.4 Å². The second kappa shape index (κ2) is 14.5. The first-order valence-electron chi connectivity index (χ1n) is 8.74. The Labute approximate surface area is 224 Å². The first-order chi connectivity index (χ1) is 17.6. The van der Waals surface area contributed by atoms with E-state index < -0.39 is 91.4 Å². The summed E-state index contributed by atoms with van der Waals surface area (Å²) in [5.74, 6) is 0. The highest BCUT2D eigenvalue weighted by molar-refractivity contribution is 7.47. The van der Waals surface area contributed by atoms with Gasteiger partial charge in [0.15, 0.2) is 0 Å². The van der Waals surface area contributed by atoms with Gasteiger partial charge in [-0.1, -0.05) is 0 Å². The maximum absolute atomic E-state index is 11.4. The zero-order valence-electron chi connectivity index (χ0n) is 18.5. The fourth-order valence-corrected chi connectivity index (χ4v) is 6.14. The molecule has 0 radical (unpaired) electrons. The van der Waals surface area contributed by atoms with Crippen molar-refractivity contribution in [2.75, 3.05) is 0 Å². The quantitative estimate of drug-likeness (QED) is 0.0825. The molecule has 0 amide bonds. The average Bonchev–Trinajstić information content (AvgIpc) is 2.56. The van der Waals surface area contributed by atoms with Crippen molar-refractivity contribution in [3.8, 4) is 0 Å². The molecule has 12 N–H and O–H groups in total. The molecule has 41 heavy (non-hydrogen) atoms. The van der Waals surface area contributed by atoms with E-state index >= 15 is 0 Å². The van der Waals surface area contributed by atoms with Gasteiger partial charge in [-0.15, -0.1) is 0 Å². The lowest BCUT2D eigenvalue weighted by molar-refractivity contribution is -0.432. The lowest BCUT2D eigenvalue weighted by atomic mass is 9.85. The molecule has 1 saturated carbocycles. The zero-order chi connectivity index (χ0) is 33.2. The van der Waals surface area contributed by atoms with Gasteiger partial charge in [0, 0.05) is 0 Å². The maximum Gasteiger partial charge on any atom is 0.470 e. The summed E-state index contributed by atoms with van der Waals surface area (Å²) in [5.41, 5.74) is 0. The molecule has 248 valence electrons. The summed E-state index contributed by atoms with van der Waals surface area (Å²) in [6.07, 6.45) is -18.9. The summed E-state index contributed by atoms with van der Waals surface area (Å²) >= 11 is 0. The molecule has 0 bridgehead atoms. The largest absolute Gasteiger partial charge is 0.822 e. The van der Waals surface area contributed by atoms with E-state index in [1.165, 1.54) is 0 Å². The van der Waals surface area contributed by atoms with E-state index in [1.54, 1.807) is 0 Å². The van der Waals surface area contributed by atoms with Crippen LogP contribution in [0.2, 0.25) is 0 Å². The van der Waals surface area contributed by atoms with Crippen molar-refractivity contribution in [1.82, 2.24) is 0 Å². The Bertz CT molecular complexity index is 961. The summed E-state index contributed by atoms with van der Waals surface area (Å²) in [4.78, 5) is 135. The molecule has 0 heterocycles. The fraction of sp³-hybridized carbons (Fsp3) is 1.00. The highest BCUT2D eigenvalue weighted by Gasteiger charge is 2.62. The van der Waals surface area contributed by atoms with Crippen LogP contribution >= 0.6 is 54.8 Å². The highest BCUT2D eigenvalue weighted by atomic mass is 31.2. The molecular formula is C6H18O28P7-3. The molecule has 0 unspecified atom stereocenters. The molecule has 0 aromatic carbocycles. The molecule has 1 aliphatic carbocycles. The van der Waals surface area contributed by atoms with E-state index in [-0.39, 0.29) is 0 Å². The van der Waals surface area contributed by atoms with E-state index in [0.29, 0.717) is 0 Å². The lowest BCUT2D eigenvalue weighted by Gasteiger charge is -2.48. The highest BCUT2D eigenvalue weighted by Crippen LogP contribution is 2.57. The van der Waals surface area contributed by atoms with Gasteiger partial charge in [-0.05, 0) is 0 Å². The van der Waals surface area contributed by atoms with E-state index in [4.69, 9.17) is 78.0 Å². The van der Waals surface area contributed by atoms with Crippen LogP contribution in [0.15, 0.2) is 0 Å². The Kier molecular flexibility index (Phi) is 14.7.